The first-order chi connectivity index (χ1) is 8.56. The van der Waals surface area contributed by atoms with Crippen molar-refractivity contribution in [1.29, 1.82) is 0 Å². The highest BCUT2D eigenvalue weighted by atomic mass is 35.5. The minimum Gasteiger partial charge on any atom is -0.480 e. The van der Waals surface area contributed by atoms with Gasteiger partial charge in [-0.15, -0.1) is 5.10 Å². The van der Waals surface area contributed by atoms with E-state index in [4.69, 9.17) is 16.7 Å². The van der Waals surface area contributed by atoms with E-state index in [0.29, 0.717) is 0 Å². The number of pyridine rings is 1. The minimum absolute atomic E-state index is 0.0147. The molecule has 2 aromatic heterocycles. The lowest BCUT2D eigenvalue weighted by atomic mass is 10.5. The Morgan fingerprint density at radius 2 is 2.39 bits per heavy atom. The highest BCUT2D eigenvalue weighted by Gasteiger charge is 2.14. The summed E-state index contributed by atoms with van der Waals surface area (Å²) in [5, 5.41) is 19.3. The van der Waals surface area contributed by atoms with E-state index in [9.17, 15) is 9.18 Å². The number of aliphatic carboxylic acids is 1. The molecule has 0 radical (unpaired) electrons. The maximum atomic E-state index is 13.5. The van der Waals surface area contributed by atoms with Crippen molar-refractivity contribution in [3.05, 3.63) is 23.1 Å². The lowest BCUT2D eigenvalue weighted by Crippen LogP contribution is -2.11. The molecule has 0 aliphatic heterocycles. The molecule has 2 aromatic rings. The summed E-state index contributed by atoms with van der Waals surface area (Å²) in [7, 11) is 0. The predicted octanol–water partition coefficient (Wildman–Crippen LogP) is 1.10. The number of hydrogen-bond acceptors (Lipinski definition) is 6. The van der Waals surface area contributed by atoms with Gasteiger partial charge in [-0.3, -0.25) is 4.79 Å². The average molecular weight is 290 g/mol. The molecule has 0 amide bonds. The Morgan fingerprint density at radius 3 is 3.06 bits per heavy atom. The van der Waals surface area contributed by atoms with Gasteiger partial charge >= 0.3 is 5.97 Å². The predicted molar refractivity (Wildman–Crippen MR) is 58.8 cm³/mol. The molecule has 0 aliphatic rings. The van der Waals surface area contributed by atoms with Crippen molar-refractivity contribution in [2.24, 2.45) is 0 Å². The number of carboxylic acids is 1. The maximum absolute atomic E-state index is 13.5. The van der Waals surface area contributed by atoms with Gasteiger partial charge in [0, 0.05) is 6.20 Å². The third kappa shape index (κ3) is 2.93. The van der Waals surface area contributed by atoms with Crippen LogP contribution in [0.2, 0.25) is 5.02 Å². The largest absolute Gasteiger partial charge is 0.480 e. The summed E-state index contributed by atoms with van der Waals surface area (Å²) in [6, 6.07) is 1.10. The van der Waals surface area contributed by atoms with Crippen molar-refractivity contribution in [2.75, 3.05) is 0 Å². The van der Waals surface area contributed by atoms with Crippen LogP contribution in [-0.2, 0) is 11.3 Å². The molecule has 2 heterocycles. The van der Waals surface area contributed by atoms with Crippen LogP contribution in [0.1, 0.15) is 0 Å². The van der Waals surface area contributed by atoms with Crippen molar-refractivity contribution >= 4 is 29.3 Å². The maximum Gasteiger partial charge on any atom is 0.325 e. The van der Waals surface area contributed by atoms with Gasteiger partial charge in [0.25, 0.3) is 0 Å². The fraction of sp³-hybridized carbons (Fsp3) is 0.125. The fourth-order valence-electron chi connectivity index (χ4n) is 1.06. The van der Waals surface area contributed by atoms with Gasteiger partial charge in [0.2, 0.25) is 5.16 Å². The smallest absolute Gasteiger partial charge is 0.325 e. The van der Waals surface area contributed by atoms with Crippen molar-refractivity contribution in [3.63, 3.8) is 0 Å². The lowest BCUT2D eigenvalue weighted by Gasteiger charge is -2.02. The van der Waals surface area contributed by atoms with Gasteiger partial charge in [-0.2, -0.15) is 0 Å². The zero-order chi connectivity index (χ0) is 13.1. The molecule has 18 heavy (non-hydrogen) atoms. The second-order valence-corrected chi connectivity index (χ2v) is 4.45. The molecule has 0 aliphatic carbocycles. The summed E-state index contributed by atoms with van der Waals surface area (Å²) >= 11 is 6.38. The molecule has 0 fully saturated rings. The fourth-order valence-corrected chi connectivity index (χ4v) is 1.92. The summed E-state index contributed by atoms with van der Waals surface area (Å²) in [4.78, 5) is 14.3. The van der Waals surface area contributed by atoms with Gasteiger partial charge in [0.1, 0.15) is 11.6 Å². The molecule has 2 rings (SSSR count). The van der Waals surface area contributed by atoms with Gasteiger partial charge < -0.3 is 5.11 Å². The SMILES string of the molecule is O=C(O)Cn1nnnc1Sc1ncc(Cl)cc1F. The molecule has 7 nitrogen and oxygen atoms in total. The molecule has 0 spiro atoms. The Bertz CT molecular complexity index is 593. The quantitative estimate of drug-likeness (QED) is 0.900. The van der Waals surface area contributed by atoms with Crippen molar-refractivity contribution in [2.45, 2.75) is 16.7 Å². The lowest BCUT2D eigenvalue weighted by molar-refractivity contribution is -0.138. The number of hydrogen-bond donors (Lipinski definition) is 1. The van der Waals surface area contributed by atoms with Crippen LogP contribution in [0.25, 0.3) is 0 Å². The van der Waals surface area contributed by atoms with E-state index in [1.165, 1.54) is 6.20 Å². The van der Waals surface area contributed by atoms with E-state index in [-0.39, 0.29) is 15.2 Å². The van der Waals surface area contributed by atoms with Crippen molar-refractivity contribution in [3.8, 4) is 0 Å². The average Bonchev–Trinajstić information content (AvgIpc) is 2.69. The highest BCUT2D eigenvalue weighted by molar-refractivity contribution is 7.99. The van der Waals surface area contributed by atoms with Crippen LogP contribution < -0.4 is 0 Å². The molecule has 0 aromatic carbocycles. The van der Waals surface area contributed by atoms with E-state index in [0.717, 1.165) is 22.5 Å². The normalized spacial score (nSPS) is 10.6. The van der Waals surface area contributed by atoms with Gasteiger partial charge in [-0.25, -0.2) is 14.1 Å². The summed E-state index contributed by atoms with van der Waals surface area (Å²) in [5.74, 6) is -1.73. The van der Waals surface area contributed by atoms with E-state index < -0.39 is 18.3 Å². The molecule has 1 N–H and O–H groups in total. The molecular weight excluding hydrogens is 285 g/mol. The van der Waals surface area contributed by atoms with Crippen LogP contribution in [-0.4, -0.2) is 36.3 Å². The second-order valence-electron chi connectivity index (χ2n) is 3.06. The Labute approximate surface area is 109 Å². The van der Waals surface area contributed by atoms with E-state index in [2.05, 4.69) is 20.5 Å². The zero-order valence-electron chi connectivity index (χ0n) is 8.62. The number of carbonyl (C=O) groups is 1. The zero-order valence-corrected chi connectivity index (χ0v) is 10.2. The summed E-state index contributed by atoms with van der Waals surface area (Å²) in [5.41, 5.74) is 0. The Balaban J connectivity index is 2.23. The Hall–Kier alpha value is -1.74. The monoisotopic (exact) mass is 289 g/mol. The van der Waals surface area contributed by atoms with Crippen LogP contribution >= 0.6 is 23.4 Å². The first kappa shape index (κ1) is 12.7. The number of aromatic nitrogens is 5. The number of tetrazole rings is 1. The van der Waals surface area contributed by atoms with E-state index in [1.807, 2.05) is 0 Å². The summed E-state index contributed by atoms with van der Waals surface area (Å²) in [6.07, 6.45) is 1.28. The number of nitrogens with zero attached hydrogens (tertiary/aromatic N) is 5. The van der Waals surface area contributed by atoms with Gasteiger partial charge in [0.05, 0.1) is 5.02 Å². The van der Waals surface area contributed by atoms with Crippen LogP contribution in [0.4, 0.5) is 4.39 Å². The standard InChI is InChI=1S/C8H5ClFN5O2S/c9-4-1-5(10)7(11-2-4)18-8-12-13-14-15(8)3-6(16)17/h1-2H,3H2,(H,16,17). The first-order valence-electron chi connectivity index (χ1n) is 4.53. The molecular formula is C8H5ClFN5O2S. The number of rotatable bonds is 4. The third-order valence-corrected chi connectivity index (χ3v) is 2.92. The van der Waals surface area contributed by atoms with Gasteiger partial charge in [0.15, 0.2) is 5.82 Å². The van der Waals surface area contributed by atoms with E-state index in [1.54, 1.807) is 0 Å². The third-order valence-electron chi connectivity index (χ3n) is 1.75. The molecule has 0 atom stereocenters. The number of halogens is 2. The summed E-state index contributed by atoms with van der Waals surface area (Å²) < 4.78 is 14.5. The number of carboxylic acid groups (broad SMARTS) is 1. The topological polar surface area (TPSA) is 93.8 Å². The summed E-state index contributed by atoms with van der Waals surface area (Å²) in [6.45, 7) is -0.412. The molecule has 0 bridgehead atoms. The van der Waals surface area contributed by atoms with Crippen LogP contribution in [0.5, 0.6) is 0 Å². The molecule has 0 unspecified atom stereocenters. The Kier molecular flexibility index (Phi) is 3.72. The minimum atomic E-state index is -1.10. The molecule has 0 saturated carbocycles. The Morgan fingerprint density at radius 1 is 1.61 bits per heavy atom. The molecule has 0 saturated heterocycles. The van der Waals surface area contributed by atoms with Crippen LogP contribution in [0, 0.1) is 5.82 Å². The highest BCUT2D eigenvalue weighted by Crippen LogP contribution is 2.26. The van der Waals surface area contributed by atoms with Crippen LogP contribution in [0.15, 0.2) is 22.4 Å². The first-order valence-corrected chi connectivity index (χ1v) is 5.72. The molecule has 10 heteroatoms. The molecule has 94 valence electrons. The van der Waals surface area contributed by atoms with Gasteiger partial charge in [-0.05, 0) is 28.3 Å². The van der Waals surface area contributed by atoms with E-state index >= 15 is 0 Å². The second kappa shape index (κ2) is 5.27. The van der Waals surface area contributed by atoms with Gasteiger partial charge in [-0.1, -0.05) is 11.6 Å². The van der Waals surface area contributed by atoms with Crippen molar-refractivity contribution in [1.82, 2.24) is 25.2 Å². The van der Waals surface area contributed by atoms with Crippen LogP contribution in [0.3, 0.4) is 0 Å². The van der Waals surface area contributed by atoms with Crippen molar-refractivity contribution < 1.29 is 14.3 Å².